The van der Waals surface area contributed by atoms with Gasteiger partial charge in [0.2, 0.25) is 0 Å². The molecule has 2 saturated heterocycles. The van der Waals surface area contributed by atoms with Gasteiger partial charge in [0, 0.05) is 30.2 Å². The number of morpholine rings is 1. The van der Waals surface area contributed by atoms with E-state index in [2.05, 4.69) is 10.2 Å². The molecule has 3 atom stereocenters. The van der Waals surface area contributed by atoms with Gasteiger partial charge in [0.25, 0.3) is 0 Å². The third-order valence-electron chi connectivity index (χ3n) is 7.29. The summed E-state index contributed by atoms with van der Waals surface area (Å²) in [7, 11) is 0. The molecule has 0 bridgehead atoms. The minimum Gasteiger partial charge on any atom is -0.465 e. The van der Waals surface area contributed by atoms with Gasteiger partial charge in [-0.05, 0) is 37.5 Å². The Hall–Kier alpha value is -2.24. The molecule has 2 aromatic rings. The highest BCUT2D eigenvalue weighted by Gasteiger charge is 2.45. The van der Waals surface area contributed by atoms with Crippen LogP contribution in [0.5, 0.6) is 0 Å². The Morgan fingerprint density at radius 3 is 2.59 bits per heavy atom. The van der Waals surface area contributed by atoms with Crippen LogP contribution in [0.1, 0.15) is 31.7 Å². The first-order valence-corrected chi connectivity index (χ1v) is 14.2. The van der Waals surface area contributed by atoms with E-state index in [1.165, 1.54) is 4.90 Å². The molecule has 1 amide bonds. The normalized spacial score (nSPS) is 21.9. The Morgan fingerprint density at radius 2 is 1.95 bits per heavy atom. The fraction of sp³-hybridized carbons (Fsp3) is 0.593. The summed E-state index contributed by atoms with van der Waals surface area (Å²) in [6.07, 6.45) is 0.223. The van der Waals surface area contributed by atoms with Gasteiger partial charge in [-0.1, -0.05) is 37.0 Å². The van der Waals surface area contributed by atoms with E-state index in [0.717, 1.165) is 30.0 Å². The molecule has 12 heteroatoms. The quantitative estimate of drug-likeness (QED) is 0.389. The number of hydrogen-bond donors (Lipinski definition) is 2. The molecule has 0 saturated carbocycles. The van der Waals surface area contributed by atoms with Gasteiger partial charge in [-0.15, -0.1) is 0 Å². The maximum absolute atomic E-state index is 13.1. The molecule has 0 spiro atoms. The number of nitrogens with zero attached hydrogens (tertiary/aromatic N) is 4. The Bertz CT molecular complexity index is 1140. The highest BCUT2D eigenvalue weighted by atomic mass is 35.5. The number of aromatic nitrogens is 2. The second-order valence-corrected chi connectivity index (χ2v) is 10.5. The molecule has 2 fully saturated rings. The van der Waals surface area contributed by atoms with E-state index in [1.807, 2.05) is 19.9 Å². The average Bonchev–Trinajstić information content (AvgIpc) is 3.28. The molecule has 0 aliphatic carbocycles. The molecule has 3 heterocycles. The highest BCUT2D eigenvalue weighted by Crippen LogP contribution is 2.34. The van der Waals surface area contributed by atoms with Crippen LogP contribution in [0.15, 0.2) is 18.2 Å². The van der Waals surface area contributed by atoms with Crippen molar-refractivity contribution in [3.8, 4) is 11.3 Å². The van der Waals surface area contributed by atoms with Crippen molar-refractivity contribution < 1.29 is 23.8 Å². The van der Waals surface area contributed by atoms with E-state index in [9.17, 15) is 14.3 Å². The summed E-state index contributed by atoms with van der Waals surface area (Å²) >= 11 is 12.6. The first kappa shape index (κ1) is 29.7. The van der Waals surface area contributed by atoms with Crippen molar-refractivity contribution in [1.29, 1.82) is 0 Å². The topological polar surface area (TPSA) is 100 Å². The standard InChI is InChI=1S/C27H36Cl2FN5O4/c1-3-20-24(18-6-5-17(28)15-19(18)29)31-21(4-2)26(32-20)33-25-22(7-9-34-10-13-38-14-11-34)35(27(36)37)16-23(25)39-12-8-30/h5-6,15,22-23,25H,3-4,7-14,16H2,1-2H3,(H,32,33)(H,36,37)/t22?,23-,25+/m0/s1. The fourth-order valence-electron chi connectivity index (χ4n) is 5.29. The summed E-state index contributed by atoms with van der Waals surface area (Å²) < 4.78 is 24.4. The molecule has 214 valence electrons. The molecule has 2 aliphatic heterocycles. The van der Waals surface area contributed by atoms with Crippen molar-refractivity contribution in [2.75, 3.05) is 58.0 Å². The van der Waals surface area contributed by atoms with Crippen LogP contribution >= 0.6 is 23.2 Å². The molecule has 9 nitrogen and oxygen atoms in total. The minimum absolute atomic E-state index is 0.104. The number of nitrogens with one attached hydrogen (secondary N) is 1. The maximum Gasteiger partial charge on any atom is 0.407 e. The number of likely N-dealkylation sites (tertiary alicyclic amines) is 1. The van der Waals surface area contributed by atoms with Crippen molar-refractivity contribution in [2.45, 2.75) is 51.3 Å². The highest BCUT2D eigenvalue weighted by molar-refractivity contribution is 6.36. The van der Waals surface area contributed by atoms with E-state index in [4.69, 9.17) is 42.6 Å². The van der Waals surface area contributed by atoms with E-state index in [1.54, 1.807) is 12.1 Å². The van der Waals surface area contributed by atoms with Crippen molar-refractivity contribution >= 4 is 35.1 Å². The second kappa shape index (κ2) is 13.9. The predicted octanol–water partition coefficient (Wildman–Crippen LogP) is 4.79. The van der Waals surface area contributed by atoms with Crippen molar-refractivity contribution in [3.05, 3.63) is 39.6 Å². The number of anilines is 1. The lowest BCUT2D eigenvalue weighted by Crippen LogP contribution is -2.46. The molecule has 4 rings (SSSR count). The Morgan fingerprint density at radius 1 is 1.21 bits per heavy atom. The number of hydrogen-bond acceptors (Lipinski definition) is 7. The van der Waals surface area contributed by atoms with Crippen LogP contribution in [0.2, 0.25) is 10.0 Å². The molecule has 2 N–H and O–H groups in total. The molecule has 0 radical (unpaired) electrons. The third kappa shape index (κ3) is 7.10. The largest absolute Gasteiger partial charge is 0.465 e. The fourth-order valence-corrected chi connectivity index (χ4v) is 5.79. The van der Waals surface area contributed by atoms with Crippen molar-refractivity contribution in [1.82, 2.24) is 19.8 Å². The smallest absolute Gasteiger partial charge is 0.407 e. The van der Waals surface area contributed by atoms with Gasteiger partial charge in [0.05, 0.1) is 66.7 Å². The number of aryl methyl sites for hydroxylation is 2. The number of carbonyl (C=O) groups is 1. The summed E-state index contributed by atoms with van der Waals surface area (Å²) in [6, 6.07) is 4.47. The van der Waals surface area contributed by atoms with E-state index in [0.29, 0.717) is 60.6 Å². The summed E-state index contributed by atoms with van der Waals surface area (Å²) in [5.41, 5.74) is 2.91. The number of alkyl halides is 1. The molecule has 1 unspecified atom stereocenters. The third-order valence-corrected chi connectivity index (χ3v) is 7.84. The van der Waals surface area contributed by atoms with Crippen LogP contribution in [0.3, 0.4) is 0 Å². The van der Waals surface area contributed by atoms with Crippen molar-refractivity contribution in [2.24, 2.45) is 0 Å². The van der Waals surface area contributed by atoms with Crippen LogP contribution < -0.4 is 5.32 Å². The average molecular weight is 585 g/mol. The number of halogens is 3. The van der Waals surface area contributed by atoms with Gasteiger partial charge in [0.15, 0.2) is 0 Å². The maximum atomic E-state index is 13.1. The van der Waals surface area contributed by atoms with Gasteiger partial charge in [-0.25, -0.2) is 19.2 Å². The molecule has 39 heavy (non-hydrogen) atoms. The lowest BCUT2D eigenvalue weighted by atomic mass is 10.0. The van der Waals surface area contributed by atoms with Crippen LogP contribution in [-0.4, -0.2) is 102 Å². The van der Waals surface area contributed by atoms with E-state index < -0.39 is 31.0 Å². The lowest BCUT2D eigenvalue weighted by molar-refractivity contribution is 0.0336. The summed E-state index contributed by atoms with van der Waals surface area (Å²) in [5, 5.41) is 14.5. The van der Waals surface area contributed by atoms with Crippen LogP contribution in [-0.2, 0) is 22.3 Å². The molecular formula is C27H36Cl2FN5O4. The number of carboxylic acid groups (broad SMARTS) is 1. The van der Waals surface area contributed by atoms with Crippen LogP contribution in [0.25, 0.3) is 11.3 Å². The summed E-state index contributed by atoms with van der Waals surface area (Å²) in [4.78, 5) is 25.8. The van der Waals surface area contributed by atoms with Gasteiger partial charge in [-0.2, -0.15) is 0 Å². The van der Waals surface area contributed by atoms with Gasteiger partial charge in [0.1, 0.15) is 12.5 Å². The Balaban J connectivity index is 1.67. The zero-order valence-electron chi connectivity index (χ0n) is 22.3. The lowest BCUT2D eigenvalue weighted by Gasteiger charge is -2.32. The van der Waals surface area contributed by atoms with Crippen LogP contribution in [0.4, 0.5) is 15.0 Å². The number of benzene rings is 1. The molecule has 1 aromatic heterocycles. The number of amides is 1. The summed E-state index contributed by atoms with van der Waals surface area (Å²) in [6.45, 7) is 7.03. The number of ether oxygens (including phenoxy) is 2. The van der Waals surface area contributed by atoms with Crippen LogP contribution in [0, 0.1) is 0 Å². The Kier molecular flexibility index (Phi) is 10.6. The zero-order chi connectivity index (χ0) is 27.9. The minimum atomic E-state index is -1.02. The SMILES string of the molecule is CCc1nc(-c2ccc(Cl)cc2Cl)c(CC)nc1N[C@@H]1C(CCN2CCOCC2)N(C(=O)O)C[C@@H]1OCCF. The predicted molar refractivity (Wildman–Crippen MR) is 150 cm³/mol. The Labute approximate surface area is 238 Å². The molecular weight excluding hydrogens is 548 g/mol. The first-order chi connectivity index (χ1) is 18.9. The van der Waals surface area contributed by atoms with E-state index in [-0.39, 0.29) is 13.2 Å². The first-order valence-electron chi connectivity index (χ1n) is 13.4. The molecule has 2 aliphatic rings. The second-order valence-electron chi connectivity index (χ2n) is 9.66. The van der Waals surface area contributed by atoms with Gasteiger partial charge in [-0.3, -0.25) is 4.90 Å². The molecule has 1 aromatic carbocycles. The monoisotopic (exact) mass is 583 g/mol. The number of rotatable bonds is 11. The van der Waals surface area contributed by atoms with Gasteiger partial charge < -0.3 is 24.8 Å². The van der Waals surface area contributed by atoms with E-state index >= 15 is 0 Å². The zero-order valence-corrected chi connectivity index (χ0v) is 23.8. The van der Waals surface area contributed by atoms with Crippen molar-refractivity contribution in [3.63, 3.8) is 0 Å². The van der Waals surface area contributed by atoms with Gasteiger partial charge >= 0.3 is 6.09 Å². The summed E-state index contributed by atoms with van der Waals surface area (Å²) in [5.74, 6) is 0.575.